The van der Waals surface area contributed by atoms with Gasteiger partial charge in [-0.2, -0.15) is 0 Å². The normalized spacial score (nSPS) is 22.5. The van der Waals surface area contributed by atoms with Gasteiger partial charge in [0.15, 0.2) is 0 Å². The number of hydrogen-bond acceptors (Lipinski definition) is 3. The van der Waals surface area contributed by atoms with Crippen LogP contribution in [-0.2, 0) is 11.2 Å². The third-order valence-electron chi connectivity index (χ3n) is 4.18. The fourth-order valence-corrected chi connectivity index (χ4v) is 2.87. The molecule has 1 aliphatic rings. The zero-order valence-corrected chi connectivity index (χ0v) is 12.0. The number of rotatable bonds is 4. The number of aliphatic hydroxyl groups excluding tert-OH is 1. The van der Waals surface area contributed by atoms with Gasteiger partial charge in [0.2, 0.25) is 5.91 Å². The lowest BCUT2D eigenvalue weighted by Gasteiger charge is -2.35. The van der Waals surface area contributed by atoms with Crippen LogP contribution in [0.25, 0.3) is 0 Å². The molecular formula is C16H23NO3. The SMILES string of the molecule is CN(C(=O)CCc1ccccc1O)C1CCCCC1O. The number of phenols is 1. The molecule has 1 amide bonds. The van der Waals surface area contributed by atoms with Crippen LogP contribution in [0.5, 0.6) is 5.75 Å². The van der Waals surface area contributed by atoms with Gasteiger partial charge < -0.3 is 15.1 Å². The molecule has 2 atom stereocenters. The molecule has 1 fully saturated rings. The minimum absolute atomic E-state index is 0.0270. The van der Waals surface area contributed by atoms with E-state index in [0.29, 0.717) is 12.8 Å². The van der Waals surface area contributed by atoms with E-state index in [1.54, 1.807) is 24.1 Å². The third kappa shape index (κ3) is 3.51. The summed E-state index contributed by atoms with van der Waals surface area (Å²) in [6, 6.07) is 7.03. The average Bonchev–Trinajstić information content (AvgIpc) is 2.46. The quantitative estimate of drug-likeness (QED) is 0.886. The van der Waals surface area contributed by atoms with Crippen molar-refractivity contribution in [1.82, 2.24) is 4.90 Å². The first kappa shape index (κ1) is 14.9. The lowest BCUT2D eigenvalue weighted by Crippen LogP contribution is -2.46. The van der Waals surface area contributed by atoms with Crippen LogP contribution in [0, 0.1) is 0 Å². The van der Waals surface area contributed by atoms with Gasteiger partial charge >= 0.3 is 0 Å². The van der Waals surface area contributed by atoms with Gasteiger partial charge in [-0.05, 0) is 30.9 Å². The van der Waals surface area contributed by atoms with Crippen LogP contribution in [-0.4, -0.2) is 40.2 Å². The highest BCUT2D eigenvalue weighted by Crippen LogP contribution is 2.23. The van der Waals surface area contributed by atoms with E-state index in [-0.39, 0.29) is 17.7 Å². The summed E-state index contributed by atoms with van der Waals surface area (Å²) in [7, 11) is 1.77. The predicted octanol–water partition coefficient (Wildman–Crippen LogP) is 2.09. The molecule has 2 unspecified atom stereocenters. The zero-order valence-electron chi connectivity index (χ0n) is 12.0. The highest BCUT2D eigenvalue weighted by atomic mass is 16.3. The van der Waals surface area contributed by atoms with Crippen LogP contribution in [0.2, 0.25) is 0 Å². The number of para-hydroxylation sites is 1. The Balaban J connectivity index is 1.89. The van der Waals surface area contributed by atoms with Crippen molar-refractivity contribution >= 4 is 5.91 Å². The molecule has 4 heteroatoms. The summed E-state index contributed by atoms with van der Waals surface area (Å²) in [5, 5.41) is 19.7. The fraction of sp³-hybridized carbons (Fsp3) is 0.562. The maximum absolute atomic E-state index is 12.2. The van der Waals surface area contributed by atoms with Crippen LogP contribution < -0.4 is 0 Å². The largest absolute Gasteiger partial charge is 0.508 e. The summed E-state index contributed by atoms with van der Waals surface area (Å²) in [6.07, 6.45) is 4.25. The lowest BCUT2D eigenvalue weighted by atomic mass is 9.91. The highest BCUT2D eigenvalue weighted by Gasteiger charge is 2.29. The molecule has 4 nitrogen and oxygen atoms in total. The Bertz CT molecular complexity index is 461. The third-order valence-corrected chi connectivity index (χ3v) is 4.18. The molecule has 0 saturated heterocycles. The van der Waals surface area contributed by atoms with E-state index in [0.717, 1.165) is 31.2 Å². The van der Waals surface area contributed by atoms with Crippen LogP contribution >= 0.6 is 0 Å². The van der Waals surface area contributed by atoms with E-state index in [9.17, 15) is 15.0 Å². The molecule has 0 heterocycles. The molecule has 0 bridgehead atoms. The molecule has 2 rings (SSSR count). The zero-order chi connectivity index (χ0) is 14.5. The Hall–Kier alpha value is -1.55. The Morgan fingerprint density at radius 2 is 2.00 bits per heavy atom. The number of amides is 1. The second-order valence-electron chi connectivity index (χ2n) is 5.55. The second-order valence-corrected chi connectivity index (χ2v) is 5.55. The number of benzene rings is 1. The summed E-state index contributed by atoms with van der Waals surface area (Å²) >= 11 is 0. The van der Waals surface area contributed by atoms with Crippen molar-refractivity contribution in [2.75, 3.05) is 7.05 Å². The average molecular weight is 277 g/mol. The van der Waals surface area contributed by atoms with Crippen molar-refractivity contribution in [2.24, 2.45) is 0 Å². The summed E-state index contributed by atoms with van der Waals surface area (Å²) in [5.41, 5.74) is 0.790. The summed E-state index contributed by atoms with van der Waals surface area (Å²) in [5.74, 6) is 0.264. The maximum Gasteiger partial charge on any atom is 0.222 e. The van der Waals surface area contributed by atoms with Gasteiger partial charge in [-0.15, -0.1) is 0 Å². The first-order chi connectivity index (χ1) is 9.59. The lowest BCUT2D eigenvalue weighted by molar-refractivity contribution is -0.135. The van der Waals surface area contributed by atoms with Crippen LogP contribution in [0.15, 0.2) is 24.3 Å². The van der Waals surface area contributed by atoms with E-state index in [1.165, 1.54) is 0 Å². The molecule has 0 aromatic heterocycles. The van der Waals surface area contributed by atoms with Gasteiger partial charge in [0.05, 0.1) is 12.1 Å². The number of likely N-dealkylation sites (N-methyl/N-ethyl adjacent to an activating group) is 1. The minimum atomic E-state index is -0.400. The van der Waals surface area contributed by atoms with Gasteiger partial charge in [-0.1, -0.05) is 31.0 Å². The molecule has 1 aromatic carbocycles. The van der Waals surface area contributed by atoms with E-state index in [2.05, 4.69) is 0 Å². The first-order valence-electron chi connectivity index (χ1n) is 7.30. The van der Waals surface area contributed by atoms with Crippen molar-refractivity contribution in [2.45, 2.75) is 50.7 Å². The Morgan fingerprint density at radius 1 is 1.30 bits per heavy atom. The highest BCUT2D eigenvalue weighted by molar-refractivity contribution is 5.76. The standard InChI is InChI=1S/C16H23NO3/c1-17(13-7-3-5-9-15(13)19)16(20)11-10-12-6-2-4-8-14(12)18/h2,4,6,8,13,15,18-19H,3,5,7,9-11H2,1H3. The number of aryl methyl sites for hydroxylation is 1. The predicted molar refractivity (Wildman–Crippen MR) is 77.5 cm³/mol. The number of nitrogens with zero attached hydrogens (tertiary/aromatic N) is 1. The van der Waals surface area contributed by atoms with Gasteiger partial charge in [0, 0.05) is 13.5 Å². The summed E-state index contributed by atoms with van der Waals surface area (Å²) < 4.78 is 0. The summed E-state index contributed by atoms with van der Waals surface area (Å²) in [4.78, 5) is 13.9. The molecule has 1 saturated carbocycles. The number of carbonyl (C=O) groups is 1. The topological polar surface area (TPSA) is 60.8 Å². The molecular weight excluding hydrogens is 254 g/mol. The maximum atomic E-state index is 12.2. The molecule has 20 heavy (non-hydrogen) atoms. The summed E-state index contributed by atoms with van der Waals surface area (Å²) in [6.45, 7) is 0. The monoisotopic (exact) mass is 277 g/mol. The Kier molecular flexibility index (Phi) is 5.01. The Labute approximate surface area is 120 Å². The molecule has 0 spiro atoms. The second kappa shape index (κ2) is 6.75. The first-order valence-corrected chi connectivity index (χ1v) is 7.30. The van der Waals surface area contributed by atoms with Gasteiger partial charge in [0.25, 0.3) is 0 Å². The minimum Gasteiger partial charge on any atom is -0.508 e. The molecule has 1 aliphatic carbocycles. The number of aromatic hydroxyl groups is 1. The van der Waals surface area contributed by atoms with E-state index >= 15 is 0 Å². The van der Waals surface area contributed by atoms with Crippen molar-refractivity contribution in [3.63, 3.8) is 0 Å². The van der Waals surface area contributed by atoms with Gasteiger partial charge in [-0.3, -0.25) is 4.79 Å². The van der Waals surface area contributed by atoms with Gasteiger partial charge in [-0.25, -0.2) is 0 Å². The molecule has 0 aliphatic heterocycles. The smallest absolute Gasteiger partial charge is 0.222 e. The molecule has 110 valence electrons. The number of phenolic OH excluding ortho intramolecular Hbond substituents is 1. The molecule has 0 radical (unpaired) electrons. The van der Waals surface area contributed by atoms with Crippen molar-refractivity contribution in [1.29, 1.82) is 0 Å². The molecule has 1 aromatic rings. The number of carbonyl (C=O) groups excluding carboxylic acids is 1. The number of aliphatic hydroxyl groups is 1. The van der Waals surface area contributed by atoms with Crippen molar-refractivity contribution < 1.29 is 15.0 Å². The number of hydrogen-bond donors (Lipinski definition) is 2. The fourth-order valence-electron chi connectivity index (χ4n) is 2.87. The van der Waals surface area contributed by atoms with Crippen molar-refractivity contribution in [3.8, 4) is 5.75 Å². The molecule has 2 N–H and O–H groups in total. The van der Waals surface area contributed by atoms with E-state index in [1.807, 2.05) is 12.1 Å². The van der Waals surface area contributed by atoms with Crippen LogP contribution in [0.3, 0.4) is 0 Å². The van der Waals surface area contributed by atoms with E-state index < -0.39 is 6.10 Å². The van der Waals surface area contributed by atoms with Crippen LogP contribution in [0.4, 0.5) is 0 Å². The Morgan fingerprint density at radius 3 is 2.70 bits per heavy atom. The van der Waals surface area contributed by atoms with Crippen LogP contribution in [0.1, 0.15) is 37.7 Å². The van der Waals surface area contributed by atoms with Gasteiger partial charge in [0.1, 0.15) is 5.75 Å². The van der Waals surface area contributed by atoms with E-state index in [4.69, 9.17) is 0 Å². The van der Waals surface area contributed by atoms with Crippen molar-refractivity contribution in [3.05, 3.63) is 29.8 Å².